The molecule has 1 aliphatic carbocycles. The molecule has 1 aliphatic heterocycles. The van der Waals surface area contributed by atoms with Gasteiger partial charge in [0.15, 0.2) is 0 Å². The highest BCUT2D eigenvalue weighted by atomic mass is 16.5. The summed E-state index contributed by atoms with van der Waals surface area (Å²) in [6, 6.07) is -0.0264. The predicted octanol–water partition coefficient (Wildman–Crippen LogP) is 2.04. The third-order valence-electron chi connectivity index (χ3n) is 3.56. The van der Waals surface area contributed by atoms with Crippen LogP contribution in [0.4, 0.5) is 4.79 Å². The van der Waals surface area contributed by atoms with Crippen molar-refractivity contribution in [1.82, 2.24) is 10.6 Å². The van der Waals surface area contributed by atoms with Crippen molar-refractivity contribution in [2.45, 2.75) is 51.0 Å². The fourth-order valence-corrected chi connectivity index (χ4v) is 2.24. The summed E-state index contributed by atoms with van der Waals surface area (Å²) in [7, 11) is 0. The molecule has 1 atom stereocenters. The molecule has 0 aromatic carbocycles. The molecule has 0 aromatic heterocycles. The van der Waals surface area contributed by atoms with Crippen molar-refractivity contribution in [3.05, 3.63) is 0 Å². The Morgan fingerprint density at radius 2 is 1.82 bits per heavy atom. The summed E-state index contributed by atoms with van der Waals surface area (Å²) in [5.74, 6) is 0.880. The molecule has 1 saturated heterocycles. The lowest BCUT2D eigenvalue weighted by Crippen LogP contribution is -2.38. The van der Waals surface area contributed by atoms with Crippen LogP contribution in [0.25, 0.3) is 0 Å². The van der Waals surface area contributed by atoms with Crippen molar-refractivity contribution >= 4 is 6.03 Å². The number of carbonyl (C=O) groups is 1. The second-order valence-corrected chi connectivity index (χ2v) is 5.19. The van der Waals surface area contributed by atoms with E-state index in [9.17, 15) is 4.79 Å². The van der Waals surface area contributed by atoms with Crippen LogP contribution in [0.3, 0.4) is 0 Å². The van der Waals surface area contributed by atoms with Crippen LogP contribution in [0.1, 0.15) is 44.9 Å². The number of nitrogens with one attached hydrogen (secondary N) is 2. The van der Waals surface area contributed by atoms with Gasteiger partial charge in [0.05, 0.1) is 6.10 Å². The van der Waals surface area contributed by atoms with Gasteiger partial charge in [0.2, 0.25) is 0 Å². The Morgan fingerprint density at radius 1 is 1.06 bits per heavy atom. The van der Waals surface area contributed by atoms with Gasteiger partial charge in [-0.15, -0.1) is 0 Å². The van der Waals surface area contributed by atoms with Crippen LogP contribution in [0, 0.1) is 5.92 Å². The highest BCUT2D eigenvalue weighted by Crippen LogP contribution is 2.31. The second-order valence-electron chi connectivity index (χ2n) is 5.19. The number of rotatable bonds is 6. The van der Waals surface area contributed by atoms with E-state index in [4.69, 9.17) is 4.74 Å². The van der Waals surface area contributed by atoms with E-state index in [0.29, 0.717) is 6.10 Å². The maximum atomic E-state index is 11.4. The standard InChI is InChI=1S/C13H24N2O2/c16-13(14-8-6-11-4-5-11)15-9-7-12-3-1-2-10-17-12/h11-12H,1-10H2,(H2,14,15,16)/t12-/m1/s1. The fourth-order valence-electron chi connectivity index (χ4n) is 2.24. The molecular weight excluding hydrogens is 216 g/mol. The van der Waals surface area contributed by atoms with Crippen molar-refractivity contribution in [3.8, 4) is 0 Å². The molecular formula is C13H24N2O2. The van der Waals surface area contributed by atoms with Crippen molar-refractivity contribution in [1.29, 1.82) is 0 Å². The average Bonchev–Trinajstić information content (AvgIpc) is 3.14. The van der Waals surface area contributed by atoms with Gasteiger partial charge in [-0.25, -0.2) is 4.79 Å². The van der Waals surface area contributed by atoms with Gasteiger partial charge in [-0.3, -0.25) is 0 Å². The largest absolute Gasteiger partial charge is 0.378 e. The number of hydrogen-bond acceptors (Lipinski definition) is 2. The predicted molar refractivity (Wildman–Crippen MR) is 67.0 cm³/mol. The van der Waals surface area contributed by atoms with Crippen LogP contribution in [-0.4, -0.2) is 31.8 Å². The molecule has 2 amide bonds. The van der Waals surface area contributed by atoms with E-state index in [0.717, 1.165) is 44.9 Å². The van der Waals surface area contributed by atoms with Gasteiger partial charge in [-0.1, -0.05) is 12.8 Å². The van der Waals surface area contributed by atoms with Gasteiger partial charge in [-0.05, 0) is 38.0 Å². The number of ether oxygens (including phenoxy) is 1. The minimum atomic E-state index is -0.0264. The molecule has 2 rings (SSSR count). The maximum Gasteiger partial charge on any atom is 0.314 e. The third kappa shape index (κ3) is 5.39. The zero-order valence-corrected chi connectivity index (χ0v) is 10.5. The van der Waals surface area contributed by atoms with E-state index in [-0.39, 0.29) is 6.03 Å². The summed E-state index contributed by atoms with van der Waals surface area (Å²) >= 11 is 0. The van der Waals surface area contributed by atoms with Gasteiger partial charge in [-0.2, -0.15) is 0 Å². The molecule has 4 heteroatoms. The zero-order chi connectivity index (χ0) is 11.9. The Balaban J connectivity index is 1.44. The smallest absolute Gasteiger partial charge is 0.314 e. The second kappa shape index (κ2) is 6.84. The SMILES string of the molecule is O=C(NCCC1CC1)NCC[C@H]1CCCCO1. The first-order chi connectivity index (χ1) is 8.34. The van der Waals surface area contributed by atoms with Crippen molar-refractivity contribution in [2.24, 2.45) is 5.92 Å². The van der Waals surface area contributed by atoms with E-state index in [1.54, 1.807) is 0 Å². The number of urea groups is 1. The molecule has 2 fully saturated rings. The number of amides is 2. The summed E-state index contributed by atoms with van der Waals surface area (Å²) in [5, 5.41) is 5.79. The van der Waals surface area contributed by atoms with Crippen LogP contribution >= 0.6 is 0 Å². The van der Waals surface area contributed by atoms with E-state index >= 15 is 0 Å². The maximum absolute atomic E-state index is 11.4. The highest BCUT2D eigenvalue weighted by Gasteiger charge is 2.20. The molecule has 0 radical (unpaired) electrons. The van der Waals surface area contributed by atoms with Crippen LogP contribution in [0.5, 0.6) is 0 Å². The molecule has 17 heavy (non-hydrogen) atoms. The van der Waals surface area contributed by atoms with Gasteiger partial charge >= 0.3 is 6.03 Å². The van der Waals surface area contributed by atoms with E-state index in [1.807, 2.05) is 0 Å². The summed E-state index contributed by atoms with van der Waals surface area (Å²) in [6.07, 6.45) is 8.73. The van der Waals surface area contributed by atoms with Crippen molar-refractivity contribution in [2.75, 3.05) is 19.7 Å². The Bertz CT molecular complexity index is 236. The van der Waals surface area contributed by atoms with Gasteiger partial charge in [0.1, 0.15) is 0 Å². The Morgan fingerprint density at radius 3 is 2.47 bits per heavy atom. The summed E-state index contributed by atoms with van der Waals surface area (Å²) < 4.78 is 5.61. The van der Waals surface area contributed by atoms with E-state index in [2.05, 4.69) is 10.6 Å². The lowest BCUT2D eigenvalue weighted by molar-refractivity contribution is 0.0120. The molecule has 0 bridgehead atoms. The van der Waals surface area contributed by atoms with Gasteiger partial charge in [0.25, 0.3) is 0 Å². The Kier molecular flexibility index (Phi) is 5.10. The van der Waals surface area contributed by atoms with E-state index < -0.39 is 0 Å². The summed E-state index contributed by atoms with van der Waals surface area (Å²) in [5.41, 5.74) is 0. The van der Waals surface area contributed by atoms with Gasteiger partial charge < -0.3 is 15.4 Å². The third-order valence-corrected chi connectivity index (χ3v) is 3.56. The molecule has 4 nitrogen and oxygen atoms in total. The number of carbonyl (C=O) groups excluding carboxylic acids is 1. The molecule has 0 spiro atoms. The van der Waals surface area contributed by atoms with Crippen LogP contribution in [-0.2, 0) is 4.74 Å². The summed E-state index contributed by atoms with van der Waals surface area (Å²) in [4.78, 5) is 11.4. The fraction of sp³-hybridized carbons (Fsp3) is 0.923. The summed E-state index contributed by atoms with van der Waals surface area (Å²) in [6.45, 7) is 2.43. The first-order valence-corrected chi connectivity index (χ1v) is 6.98. The molecule has 0 unspecified atom stereocenters. The molecule has 2 N–H and O–H groups in total. The minimum absolute atomic E-state index is 0.0264. The highest BCUT2D eigenvalue weighted by molar-refractivity contribution is 5.73. The monoisotopic (exact) mass is 240 g/mol. The normalized spacial score (nSPS) is 24.4. The van der Waals surface area contributed by atoms with Gasteiger partial charge in [0, 0.05) is 19.7 Å². The molecule has 1 heterocycles. The van der Waals surface area contributed by atoms with Crippen LogP contribution in [0.15, 0.2) is 0 Å². The van der Waals surface area contributed by atoms with E-state index in [1.165, 1.54) is 25.7 Å². The van der Waals surface area contributed by atoms with Crippen molar-refractivity contribution in [3.63, 3.8) is 0 Å². The minimum Gasteiger partial charge on any atom is -0.378 e. The Labute approximate surface area is 103 Å². The molecule has 2 aliphatic rings. The first kappa shape index (κ1) is 12.7. The van der Waals surface area contributed by atoms with Crippen LogP contribution in [0.2, 0.25) is 0 Å². The first-order valence-electron chi connectivity index (χ1n) is 6.98. The molecule has 98 valence electrons. The molecule has 1 saturated carbocycles. The van der Waals surface area contributed by atoms with Crippen LogP contribution < -0.4 is 10.6 Å². The average molecular weight is 240 g/mol. The molecule has 0 aromatic rings. The topological polar surface area (TPSA) is 50.4 Å². The lowest BCUT2D eigenvalue weighted by atomic mass is 10.1. The number of hydrogen-bond donors (Lipinski definition) is 2. The Hall–Kier alpha value is -0.770. The van der Waals surface area contributed by atoms with Crippen molar-refractivity contribution < 1.29 is 9.53 Å². The lowest BCUT2D eigenvalue weighted by Gasteiger charge is -2.22. The quantitative estimate of drug-likeness (QED) is 0.746. The zero-order valence-electron chi connectivity index (χ0n) is 10.5.